The van der Waals surface area contributed by atoms with E-state index in [4.69, 9.17) is 4.76 Å². The summed E-state index contributed by atoms with van der Waals surface area (Å²) in [4.78, 5) is 0. The van der Waals surface area contributed by atoms with Gasteiger partial charge in [0.05, 0.1) is 0 Å². The highest BCUT2D eigenvalue weighted by Crippen LogP contribution is 2.45. The molecular formula is C20H26NOP. The van der Waals surface area contributed by atoms with E-state index >= 15 is 0 Å². The third-order valence-electron chi connectivity index (χ3n) is 3.97. The first-order valence-corrected chi connectivity index (χ1v) is 10.2. The SMILES string of the molecule is CCCCC/C(CC)=N\P(=O)(c1ccccc1)c1ccccc1. The number of rotatable bonds is 8. The van der Waals surface area contributed by atoms with Crippen molar-refractivity contribution in [2.45, 2.75) is 46.0 Å². The predicted octanol–water partition coefficient (Wildman–Crippen LogP) is 5.35. The Balaban J connectivity index is 2.44. The van der Waals surface area contributed by atoms with Gasteiger partial charge in [0.25, 0.3) is 0 Å². The van der Waals surface area contributed by atoms with Crippen molar-refractivity contribution in [3.8, 4) is 0 Å². The molecule has 3 heteroatoms. The van der Waals surface area contributed by atoms with Gasteiger partial charge < -0.3 is 0 Å². The van der Waals surface area contributed by atoms with Gasteiger partial charge in [0.1, 0.15) is 0 Å². The van der Waals surface area contributed by atoms with Crippen LogP contribution in [-0.2, 0) is 4.57 Å². The Hall–Kier alpha value is -1.66. The number of unbranched alkanes of at least 4 members (excludes halogenated alkanes) is 2. The smallest absolute Gasteiger partial charge is 0.247 e. The lowest BCUT2D eigenvalue weighted by atomic mass is 10.1. The zero-order valence-corrected chi connectivity index (χ0v) is 15.0. The molecule has 23 heavy (non-hydrogen) atoms. The lowest BCUT2D eigenvalue weighted by Gasteiger charge is -2.17. The van der Waals surface area contributed by atoms with Gasteiger partial charge in [0.2, 0.25) is 7.29 Å². The molecule has 0 aromatic heterocycles. The average Bonchev–Trinajstić information content (AvgIpc) is 2.62. The Labute approximate surface area is 140 Å². The van der Waals surface area contributed by atoms with Crippen molar-refractivity contribution in [3.63, 3.8) is 0 Å². The molecule has 0 aliphatic heterocycles. The van der Waals surface area contributed by atoms with Crippen molar-refractivity contribution >= 4 is 23.6 Å². The Morgan fingerprint density at radius 2 is 1.39 bits per heavy atom. The molecule has 0 bridgehead atoms. The summed E-state index contributed by atoms with van der Waals surface area (Å²) in [6.07, 6.45) is 5.29. The molecule has 0 N–H and O–H groups in total. The van der Waals surface area contributed by atoms with Crippen molar-refractivity contribution in [1.82, 2.24) is 0 Å². The summed E-state index contributed by atoms with van der Waals surface area (Å²) in [5, 5.41) is 1.63. The first kappa shape index (κ1) is 17.7. The van der Waals surface area contributed by atoms with Crippen LogP contribution in [0.3, 0.4) is 0 Å². The van der Waals surface area contributed by atoms with Crippen LogP contribution in [0.15, 0.2) is 65.4 Å². The van der Waals surface area contributed by atoms with Gasteiger partial charge in [-0.25, -0.2) is 4.76 Å². The minimum Gasteiger partial charge on any atom is -0.288 e. The van der Waals surface area contributed by atoms with Gasteiger partial charge >= 0.3 is 0 Å². The highest BCUT2D eigenvalue weighted by molar-refractivity contribution is 7.77. The third kappa shape index (κ3) is 4.65. The molecule has 122 valence electrons. The molecule has 0 atom stereocenters. The molecule has 0 saturated carbocycles. The molecular weight excluding hydrogens is 301 g/mol. The van der Waals surface area contributed by atoms with E-state index in [9.17, 15) is 4.57 Å². The summed E-state index contributed by atoms with van der Waals surface area (Å²) in [5.74, 6) is 0. The topological polar surface area (TPSA) is 29.4 Å². The van der Waals surface area contributed by atoms with Gasteiger partial charge in [-0.15, -0.1) is 0 Å². The van der Waals surface area contributed by atoms with Crippen molar-refractivity contribution in [2.75, 3.05) is 0 Å². The van der Waals surface area contributed by atoms with E-state index in [-0.39, 0.29) is 0 Å². The fourth-order valence-electron chi connectivity index (χ4n) is 2.60. The quantitative estimate of drug-likeness (QED) is 0.365. The van der Waals surface area contributed by atoms with Crippen molar-refractivity contribution < 1.29 is 4.57 Å². The molecule has 0 radical (unpaired) electrons. The number of hydrogen-bond donors (Lipinski definition) is 0. The van der Waals surface area contributed by atoms with Crippen LogP contribution in [0.2, 0.25) is 0 Å². The molecule has 2 aromatic rings. The molecule has 0 spiro atoms. The summed E-state index contributed by atoms with van der Waals surface area (Å²) in [6.45, 7) is 4.30. The fraction of sp³-hybridized carbons (Fsp3) is 0.350. The molecule has 2 nitrogen and oxygen atoms in total. The maximum atomic E-state index is 13.8. The minimum atomic E-state index is -2.96. The minimum absolute atomic E-state index is 0.813. The van der Waals surface area contributed by atoms with E-state index in [0.717, 1.165) is 35.6 Å². The van der Waals surface area contributed by atoms with Crippen LogP contribution in [0.5, 0.6) is 0 Å². The first-order chi connectivity index (χ1) is 11.2. The van der Waals surface area contributed by atoms with E-state index in [1.165, 1.54) is 12.8 Å². The van der Waals surface area contributed by atoms with Crippen molar-refractivity contribution in [1.29, 1.82) is 0 Å². The maximum absolute atomic E-state index is 13.8. The normalized spacial score (nSPS) is 12.3. The van der Waals surface area contributed by atoms with Crippen LogP contribution in [0.1, 0.15) is 46.0 Å². The second-order valence-electron chi connectivity index (χ2n) is 5.72. The summed E-state index contributed by atoms with van der Waals surface area (Å²) in [7, 11) is -2.96. The van der Waals surface area contributed by atoms with E-state index in [2.05, 4.69) is 13.8 Å². The van der Waals surface area contributed by atoms with Crippen LogP contribution in [0.25, 0.3) is 0 Å². The number of hydrogen-bond acceptors (Lipinski definition) is 1. The monoisotopic (exact) mass is 327 g/mol. The van der Waals surface area contributed by atoms with Crippen molar-refractivity contribution in [2.24, 2.45) is 4.76 Å². The summed E-state index contributed by atoms with van der Waals surface area (Å²) < 4.78 is 18.6. The molecule has 0 unspecified atom stereocenters. The molecule has 0 fully saturated rings. The highest BCUT2D eigenvalue weighted by atomic mass is 31.2. The molecule has 0 heterocycles. The van der Waals surface area contributed by atoms with Crippen LogP contribution in [-0.4, -0.2) is 5.71 Å². The van der Waals surface area contributed by atoms with E-state index in [0.29, 0.717) is 0 Å². The fourth-order valence-corrected chi connectivity index (χ4v) is 4.92. The Morgan fingerprint density at radius 3 is 1.83 bits per heavy atom. The third-order valence-corrected chi connectivity index (χ3v) is 6.53. The molecule has 0 aliphatic rings. The van der Waals surface area contributed by atoms with Gasteiger partial charge in [-0.3, -0.25) is 4.57 Å². The van der Waals surface area contributed by atoms with Gasteiger partial charge in [0.15, 0.2) is 0 Å². The first-order valence-electron chi connectivity index (χ1n) is 8.50. The maximum Gasteiger partial charge on any atom is 0.247 e. The highest BCUT2D eigenvalue weighted by Gasteiger charge is 2.26. The molecule has 0 amide bonds. The zero-order chi connectivity index (χ0) is 16.5. The second kappa shape index (κ2) is 8.84. The number of nitrogens with zero attached hydrogens (tertiary/aromatic N) is 1. The molecule has 0 saturated heterocycles. The summed E-state index contributed by atoms with van der Waals surface area (Å²) in [5.41, 5.74) is 1.06. The van der Waals surface area contributed by atoms with Gasteiger partial charge in [0, 0.05) is 16.3 Å². The van der Waals surface area contributed by atoms with Gasteiger partial charge in [-0.05, 0) is 43.5 Å². The summed E-state index contributed by atoms with van der Waals surface area (Å²) >= 11 is 0. The van der Waals surface area contributed by atoms with E-state index in [1.807, 2.05) is 60.7 Å². The largest absolute Gasteiger partial charge is 0.288 e. The van der Waals surface area contributed by atoms with Crippen LogP contribution >= 0.6 is 7.29 Å². The van der Waals surface area contributed by atoms with Crippen molar-refractivity contribution in [3.05, 3.63) is 60.7 Å². The Bertz CT molecular complexity index is 621. The Morgan fingerprint density at radius 1 is 0.870 bits per heavy atom. The van der Waals surface area contributed by atoms with Crippen LogP contribution in [0.4, 0.5) is 0 Å². The zero-order valence-electron chi connectivity index (χ0n) is 14.1. The predicted molar refractivity (Wildman–Crippen MR) is 102 cm³/mol. The summed E-state index contributed by atoms with van der Waals surface area (Å²) in [6, 6.07) is 19.3. The standard InChI is InChI=1S/C20H26NOP/c1-3-5-8-13-18(4-2)21-23(22,19-14-9-6-10-15-19)20-16-11-7-12-17-20/h6-7,9-12,14-17H,3-5,8,13H2,1-2H3/b21-18-. The van der Waals surface area contributed by atoms with E-state index in [1.54, 1.807) is 0 Å². The molecule has 0 aliphatic carbocycles. The lowest BCUT2D eigenvalue weighted by Crippen LogP contribution is -2.15. The van der Waals surface area contributed by atoms with Gasteiger partial charge in [-0.2, -0.15) is 0 Å². The molecule has 2 rings (SSSR count). The van der Waals surface area contributed by atoms with Crippen LogP contribution < -0.4 is 10.6 Å². The van der Waals surface area contributed by atoms with Gasteiger partial charge in [-0.1, -0.05) is 63.1 Å². The second-order valence-corrected chi connectivity index (χ2v) is 8.11. The number of benzene rings is 2. The molecule has 2 aromatic carbocycles. The van der Waals surface area contributed by atoms with Crippen LogP contribution in [0, 0.1) is 0 Å². The lowest BCUT2D eigenvalue weighted by molar-refractivity contribution is 0.588. The average molecular weight is 327 g/mol. The van der Waals surface area contributed by atoms with E-state index < -0.39 is 7.29 Å². The Kier molecular flexibility index (Phi) is 6.80.